The maximum Gasteiger partial charge on any atom is 0.185 e. The molecule has 1 aromatic heterocycles. The molecule has 0 aliphatic carbocycles. The highest BCUT2D eigenvalue weighted by atomic mass is 32.1. The van der Waals surface area contributed by atoms with Crippen molar-refractivity contribution >= 4 is 16.5 Å². The molecule has 0 bridgehead atoms. The quantitative estimate of drug-likeness (QED) is 0.882. The van der Waals surface area contributed by atoms with Crippen molar-refractivity contribution in [1.82, 2.24) is 10.3 Å². The van der Waals surface area contributed by atoms with Crippen LogP contribution in [0.5, 0.6) is 0 Å². The lowest BCUT2D eigenvalue weighted by atomic mass is 10.1. The van der Waals surface area contributed by atoms with Gasteiger partial charge in [0.25, 0.3) is 0 Å². The van der Waals surface area contributed by atoms with Crippen LogP contribution in [0.1, 0.15) is 32.0 Å². The van der Waals surface area contributed by atoms with Crippen LogP contribution in [-0.2, 0) is 13.0 Å². The molecule has 0 aliphatic heterocycles. The minimum Gasteiger partial charge on any atom is -0.351 e. The second-order valence-corrected chi connectivity index (χ2v) is 7.22. The first kappa shape index (κ1) is 16.0. The lowest BCUT2D eigenvalue weighted by molar-refractivity contribution is 0.422. The fourth-order valence-corrected chi connectivity index (χ4v) is 2.76. The minimum absolute atomic E-state index is 0.128. The van der Waals surface area contributed by atoms with Crippen molar-refractivity contribution in [2.24, 2.45) is 0 Å². The number of nitrogens with one attached hydrogen (secondary N) is 1. The first-order valence-electron chi connectivity index (χ1n) is 7.38. The molecule has 2 aromatic rings. The molecule has 0 spiro atoms. The van der Waals surface area contributed by atoms with Gasteiger partial charge in [-0.15, -0.1) is 11.3 Å². The van der Waals surface area contributed by atoms with Gasteiger partial charge in [0.1, 0.15) is 0 Å². The second-order valence-electron chi connectivity index (χ2n) is 6.38. The number of thiazole rings is 1. The Labute approximate surface area is 132 Å². The molecule has 21 heavy (non-hydrogen) atoms. The van der Waals surface area contributed by atoms with Gasteiger partial charge in [-0.25, -0.2) is 4.98 Å². The number of likely N-dealkylation sites (N-methyl/N-ethyl adjacent to an activating group) is 1. The van der Waals surface area contributed by atoms with E-state index < -0.39 is 0 Å². The summed E-state index contributed by atoms with van der Waals surface area (Å²) >= 11 is 1.72. The predicted octanol–water partition coefficient (Wildman–Crippen LogP) is 3.71. The molecule has 0 fully saturated rings. The van der Waals surface area contributed by atoms with Gasteiger partial charge in [-0.05, 0) is 32.8 Å². The zero-order chi connectivity index (χ0) is 15.3. The van der Waals surface area contributed by atoms with Crippen LogP contribution in [-0.4, -0.2) is 24.1 Å². The predicted molar refractivity (Wildman–Crippen MR) is 92.1 cm³/mol. The van der Waals surface area contributed by atoms with Gasteiger partial charge in [-0.1, -0.05) is 30.3 Å². The van der Waals surface area contributed by atoms with Crippen molar-refractivity contribution in [1.29, 1.82) is 0 Å². The van der Waals surface area contributed by atoms with Gasteiger partial charge >= 0.3 is 0 Å². The maximum atomic E-state index is 4.71. The number of hydrogen-bond donors (Lipinski definition) is 1. The van der Waals surface area contributed by atoms with Gasteiger partial charge in [0.2, 0.25) is 0 Å². The van der Waals surface area contributed by atoms with E-state index in [9.17, 15) is 0 Å². The van der Waals surface area contributed by atoms with Crippen LogP contribution in [0.15, 0.2) is 35.7 Å². The summed E-state index contributed by atoms with van der Waals surface area (Å²) in [5.41, 5.74) is 2.62. The summed E-state index contributed by atoms with van der Waals surface area (Å²) in [7, 11) is 2.11. The highest BCUT2D eigenvalue weighted by molar-refractivity contribution is 7.13. The van der Waals surface area contributed by atoms with Gasteiger partial charge in [0.15, 0.2) is 5.13 Å². The van der Waals surface area contributed by atoms with Crippen molar-refractivity contribution in [3.8, 4) is 0 Å². The Balaban J connectivity index is 1.85. The number of anilines is 1. The lowest BCUT2D eigenvalue weighted by Crippen LogP contribution is -2.35. The Morgan fingerprint density at radius 3 is 2.57 bits per heavy atom. The zero-order valence-corrected chi connectivity index (χ0v) is 14.2. The topological polar surface area (TPSA) is 28.2 Å². The summed E-state index contributed by atoms with van der Waals surface area (Å²) in [5.74, 6) is 0. The normalized spacial score (nSPS) is 11.6. The smallest absolute Gasteiger partial charge is 0.185 e. The first-order chi connectivity index (χ1) is 9.94. The fraction of sp³-hybridized carbons (Fsp3) is 0.471. The van der Waals surface area contributed by atoms with E-state index in [1.807, 2.05) is 0 Å². The molecule has 3 nitrogen and oxygen atoms in total. The van der Waals surface area contributed by atoms with Gasteiger partial charge in [0.05, 0.1) is 5.69 Å². The van der Waals surface area contributed by atoms with Crippen LogP contribution in [0, 0.1) is 0 Å². The number of nitrogens with zero attached hydrogens (tertiary/aromatic N) is 2. The molecule has 0 atom stereocenters. The Bertz CT molecular complexity index is 543. The zero-order valence-electron chi connectivity index (χ0n) is 13.4. The van der Waals surface area contributed by atoms with Crippen molar-refractivity contribution in [2.75, 3.05) is 18.5 Å². The summed E-state index contributed by atoms with van der Waals surface area (Å²) in [6.07, 6.45) is 1.05. The highest BCUT2D eigenvalue weighted by Gasteiger charge is 2.11. The average Bonchev–Trinajstić information content (AvgIpc) is 2.92. The third-order valence-corrected chi connectivity index (χ3v) is 4.25. The number of aromatic nitrogens is 1. The lowest BCUT2D eigenvalue weighted by Gasteiger charge is -2.19. The molecule has 0 saturated carbocycles. The number of hydrogen-bond acceptors (Lipinski definition) is 4. The molecule has 0 unspecified atom stereocenters. The van der Waals surface area contributed by atoms with Crippen molar-refractivity contribution < 1.29 is 0 Å². The molecule has 1 heterocycles. The molecule has 0 saturated heterocycles. The largest absolute Gasteiger partial charge is 0.351 e. The molecule has 0 amide bonds. The van der Waals surface area contributed by atoms with E-state index in [1.165, 1.54) is 5.56 Å². The van der Waals surface area contributed by atoms with Gasteiger partial charge in [-0.2, -0.15) is 0 Å². The van der Waals surface area contributed by atoms with E-state index >= 15 is 0 Å². The summed E-state index contributed by atoms with van der Waals surface area (Å²) in [4.78, 5) is 6.94. The standard InChI is InChI=1S/C17H25N3S/c1-17(2,3)18-12-15-13-21-16(19-15)20(4)11-10-14-8-6-5-7-9-14/h5-9,13,18H,10-12H2,1-4H3. The Morgan fingerprint density at radius 2 is 1.90 bits per heavy atom. The van der Waals surface area contributed by atoms with Gasteiger partial charge in [0, 0.05) is 31.1 Å². The van der Waals surface area contributed by atoms with Crippen LogP contribution in [0.4, 0.5) is 5.13 Å². The van der Waals surface area contributed by atoms with Crippen molar-refractivity contribution in [2.45, 2.75) is 39.3 Å². The Morgan fingerprint density at radius 1 is 1.19 bits per heavy atom. The summed E-state index contributed by atoms with van der Waals surface area (Å²) in [6, 6.07) is 10.6. The highest BCUT2D eigenvalue weighted by Crippen LogP contribution is 2.20. The Hall–Kier alpha value is -1.39. The monoisotopic (exact) mass is 303 g/mol. The molecule has 4 heteroatoms. The molecule has 2 rings (SSSR count). The average molecular weight is 303 g/mol. The van der Waals surface area contributed by atoms with E-state index in [0.717, 1.165) is 30.3 Å². The SMILES string of the molecule is CN(CCc1ccccc1)c1nc(CNC(C)(C)C)cs1. The van der Waals surface area contributed by atoms with E-state index in [-0.39, 0.29) is 5.54 Å². The van der Waals surface area contributed by atoms with Gasteiger partial charge < -0.3 is 10.2 Å². The van der Waals surface area contributed by atoms with E-state index in [2.05, 4.69) is 73.7 Å². The molecular formula is C17H25N3S. The maximum absolute atomic E-state index is 4.71. The minimum atomic E-state index is 0.128. The van der Waals surface area contributed by atoms with E-state index in [4.69, 9.17) is 4.98 Å². The van der Waals surface area contributed by atoms with Crippen LogP contribution in [0.3, 0.4) is 0 Å². The molecule has 1 aromatic carbocycles. The summed E-state index contributed by atoms with van der Waals surface area (Å²) in [5, 5.41) is 6.71. The van der Waals surface area contributed by atoms with Crippen LogP contribution in [0.2, 0.25) is 0 Å². The van der Waals surface area contributed by atoms with E-state index in [1.54, 1.807) is 11.3 Å². The third-order valence-electron chi connectivity index (χ3n) is 3.24. The summed E-state index contributed by atoms with van der Waals surface area (Å²) in [6.45, 7) is 8.33. The molecule has 0 radical (unpaired) electrons. The number of rotatable bonds is 6. The Kier molecular flexibility index (Phi) is 5.37. The second kappa shape index (κ2) is 7.05. The summed E-state index contributed by atoms with van der Waals surface area (Å²) < 4.78 is 0. The van der Waals surface area contributed by atoms with Crippen LogP contribution >= 0.6 is 11.3 Å². The number of benzene rings is 1. The van der Waals surface area contributed by atoms with E-state index in [0.29, 0.717) is 0 Å². The fourth-order valence-electron chi connectivity index (χ4n) is 1.95. The molecule has 1 N–H and O–H groups in total. The molecular weight excluding hydrogens is 278 g/mol. The first-order valence-corrected chi connectivity index (χ1v) is 8.26. The van der Waals surface area contributed by atoms with Gasteiger partial charge in [-0.3, -0.25) is 0 Å². The molecule has 114 valence electrons. The van der Waals surface area contributed by atoms with Crippen LogP contribution < -0.4 is 10.2 Å². The third kappa shape index (κ3) is 5.48. The molecule has 0 aliphatic rings. The van der Waals surface area contributed by atoms with Crippen molar-refractivity contribution in [3.63, 3.8) is 0 Å². The van der Waals surface area contributed by atoms with Crippen molar-refractivity contribution in [3.05, 3.63) is 47.0 Å². The van der Waals surface area contributed by atoms with Crippen LogP contribution in [0.25, 0.3) is 0 Å².